The van der Waals surface area contributed by atoms with Gasteiger partial charge in [-0.2, -0.15) is 0 Å². The fourth-order valence-electron chi connectivity index (χ4n) is 1.51. The summed E-state index contributed by atoms with van der Waals surface area (Å²) in [5, 5.41) is 9.29. The second kappa shape index (κ2) is 3.66. The number of nitrogens with zero attached hydrogens (tertiary/aromatic N) is 1. The highest BCUT2D eigenvalue weighted by atomic mass is 16.3. The first-order valence-electron chi connectivity index (χ1n) is 4.95. The summed E-state index contributed by atoms with van der Waals surface area (Å²) in [7, 11) is 0. The molecule has 0 aromatic carbocycles. The quantitative estimate of drug-likeness (QED) is 0.697. The van der Waals surface area contributed by atoms with Crippen LogP contribution in [0.4, 0.5) is 0 Å². The van der Waals surface area contributed by atoms with E-state index in [4.69, 9.17) is 0 Å². The predicted molar refractivity (Wildman–Crippen MR) is 51.3 cm³/mol. The van der Waals surface area contributed by atoms with Crippen LogP contribution >= 0.6 is 0 Å². The molecule has 1 rings (SSSR count). The lowest BCUT2D eigenvalue weighted by atomic mass is 9.89. The van der Waals surface area contributed by atoms with Gasteiger partial charge >= 0.3 is 0 Å². The molecule has 1 saturated heterocycles. The number of hydrogen-bond acceptors (Lipinski definition) is 2. The van der Waals surface area contributed by atoms with E-state index in [9.17, 15) is 9.90 Å². The summed E-state index contributed by atoms with van der Waals surface area (Å²) in [5.74, 6) is 0.173. The first-order chi connectivity index (χ1) is 5.97. The van der Waals surface area contributed by atoms with Gasteiger partial charge < -0.3 is 10.0 Å². The molecule has 76 valence electrons. The van der Waals surface area contributed by atoms with Crippen LogP contribution in [0.25, 0.3) is 0 Å². The van der Waals surface area contributed by atoms with Crippen molar-refractivity contribution in [1.29, 1.82) is 0 Å². The van der Waals surface area contributed by atoms with Crippen LogP contribution in [-0.4, -0.2) is 35.1 Å². The first-order valence-corrected chi connectivity index (χ1v) is 4.95. The molecule has 0 bridgehead atoms. The van der Waals surface area contributed by atoms with Gasteiger partial charge in [-0.3, -0.25) is 4.79 Å². The van der Waals surface area contributed by atoms with Crippen molar-refractivity contribution in [2.45, 2.75) is 39.7 Å². The largest absolute Gasteiger partial charge is 0.391 e. The normalized spacial score (nSPS) is 23.7. The number of likely N-dealkylation sites (tertiary alicyclic amines) is 1. The van der Waals surface area contributed by atoms with Crippen molar-refractivity contribution in [3.8, 4) is 0 Å². The molecule has 3 nitrogen and oxygen atoms in total. The fraction of sp³-hybridized carbons (Fsp3) is 0.900. The monoisotopic (exact) mass is 185 g/mol. The van der Waals surface area contributed by atoms with E-state index >= 15 is 0 Å². The molecule has 13 heavy (non-hydrogen) atoms. The molecular weight excluding hydrogens is 166 g/mol. The Hall–Kier alpha value is -0.570. The molecule has 1 atom stereocenters. The van der Waals surface area contributed by atoms with Gasteiger partial charge in [-0.15, -0.1) is 0 Å². The summed E-state index contributed by atoms with van der Waals surface area (Å²) in [6.07, 6.45) is 1.26. The van der Waals surface area contributed by atoms with Crippen LogP contribution < -0.4 is 0 Å². The molecule has 0 aliphatic carbocycles. The fourth-order valence-corrected chi connectivity index (χ4v) is 1.51. The Morgan fingerprint density at radius 2 is 2.23 bits per heavy atom. The lowest BCUT2D eigenvalue weighted by Crippen LogP contribution is -2.39. The average molecular weight is 185 g/mol. The van der Waals surface area contributed by atoms with Crippen LogP contribution in [0.1, 0.15) is 33.6 Å². The minimum absolute atomic E-state index is 0.173. The number of aliphatic hydroxyl groups excluding tert-OH is 1. The molecule has 1 N–H and O–H groups in total. The minimum Gasteiger partial charge on any atom is -0.391 e. The Morgan fingerprint density at radius 1 is 1.62 bits per heavy atom. The molecule has 0 aromatic rings. The Bertz CT molecular complexity index is 201. The van der Waals surface area contributed by atoms with Crippen LogP contribution in [0.15, 0.2) is 0 Å². The summed E-state index contributed by atoms with van der Waals surface area (Å²) < 4.78 is 0. The van der Waals surface area contributed by atoms with Crippen molar-refractivity contribution in [1.82, 2.24) is 4.90 Å². The first kappa shape index (κ1) is 10.5. The van der Waals surface area contributed by atoms with E-state index in [1.165, 1.54) is 0 Å². The Morgan fingerprint density at radius 3 is 2.62 bits per heavy atom. The van der Waals surface area contributed by atoms with E-state index in [-0.39, 0.29) is 17.4 Å². The maximum Gasteiger partial charge on any atom is 0.228 e. The van der Waals surface area contributed by atoms with E-state index in [1.807, 2.05) is 20.8 Å². The molecule has 1 heterocycles. The highest BCUT2D eigenvalue weighted by Crippen LogP contribution is 2.25. The Kier molecular flexibility index (Phi) is 2.96. The van der Waals surface area contributed by atoms with E-state index in [1.54, 1.807) is 4.90 Å². The molecule has 0 saturated carbocycles. The predicted octanol–water partition coefficient (Wildman–Crippen LogP) is 1.02. The molecule has 1 aliphatic rings. The van der Waals surface area contributed by atoms with Crippen molar-refractivity contribution in [2.24, 2.45) is 5.41 Å². The highest BCUT2D eigenvalue weighted by molar-refractivity contribution is 5.82. The summed E-state index contributed by atoms with van der Waals surface area (Å²) in [5.41, 5.74) is -0.274. The van der Waals surface area contributed by atoms with Crippen LogP contribution in [0.3, 0.4) is 0 Å². The number of carbonyl (C=O) groups is 1. The van der Waals surface area contributed by atoms with Gasteiger partial charge in [0.25, 0.3) is 0 Å². The third-order valence-electron chi connectivity index (χ3n) is 2.91. The number of hydrogen-bond donors (Lipinski definition) is 1. The second-order valence-corrected chi connectivity index (χ2v) is 4.43. The molecular formula is C10H19NO2. The molecule has 1 aliphatic heterocycles. The van der Waals surface area contributed by atoms with Gasteiger partial charge in [0.2, 0.25) is 5.91 Å². The van der Waals surface area contributed by atoms with E-state index < -0.39 is 0 Å². The van der Waals surface area contributed by atoms with Gasteiger partial charge in [0.05, 0.1) is 6.10 Å². The zero-order valence-corrected chi connectivity index (χ0v) is 8.71. The zero-order valence-electron chi connectivity index (χ0n) is 8.71. The maximum absolute atomic E-state index is 11.9. The molecule has 0 aromatic heterocycles. The summed E-state index contributed by atoms with van der Waals surface area (Å²) >= 11 is 0. The highest BCUT2D eigenvalue weighted by Gasteiger charge is 2.33. The summed E-state index contributed by atoms with van der Waals surface area (Å²) in [6, 6.07) is 0. The maximum atomic E-state index is 11.9. The van der Waals surface area contributed by atoms with Gasteiger partial charge in [-0.1, -0.05) is 20.8 Å². The van der Waals surface area contributed by atoms with Crippen molar-refractivity contribution in [2.75, 3.05) is 13.1 Å². The third kappa shape index (κ3) is 2.21. The SMILES string of the molecule is CCC(C)(C)C(=O)N1CC[C@@H](O)C1. The van der Waals surface area contributed by atoms with E-state index in [0.717, 1.165) is 12.8 Å². The van der Waals surface area contributed by atoms with Crippen LogP contribution in [0.5, 0.6) is 0 Å². The van der Waals surface area contributed by atoms with Gasteiger partial charge in [0, 0.05) is 18.5 Å². The molecule has 1 amide bonds. The molecule has 0 spiro atoms. The summed E-state index contributed by atoms with van der Waals surface area (Å²) in [6.45, 7) is 7.16. The number of carbonyl (C=O) groups excluding carboxylic acids is 1. The second-order valence-electron chi connectivity index (χ2n) is 4.43. The standard InChI is InChI=1S/C10H19NO2/c1-4-10(2,3)9(13)11-6-5-8(12)7-11/h8,12H,4-7H2,1-3H3/t8-/m1/s1. The van der Waals surface area contributed by atoms with Gasteiger partial charge in [0.1, 0.15) is 0 Å². The number of amides is 1. The van der Waals surface area contributed by atoms with Crippen molar-refractivity contribution < 1.29 is 9.90 Å². The van der Waals surface area contributed by atoms with Crippen LogP contribution in [0, 0.1) is 5.41 Å². The summed E-state index contributed by atoms with van der Waals surface area (Å²) in [4.78, 5) is 13.6. The average Bonchev–Trinajstić information content (AvgIpc) is 2.50. The molecule has 1 fully saturated rings. The zero-order chi connectivity index (χ0) is 10.1. The molecule has 3 heteroatoms. The Balaban J connectivity index is 2.58. The van der Waals surface area contributed by atoms with Gasteiger partial charge in [0.15, 0.2) is 0 Å². The smallest absolute Gasteiger partial charge is 0.228 e. The molecule has 0 unspecified atom stereocenters. The minimum atomic E-state index is -0.309. The van der Waals surface area contributed by atoms with Gasteiger partial charge in [-0.05, 0) is 12.8 Å². The van der Waals surface area contributed by atoms with Crippen molar-refractivity contribution in [3.63, 3.8) is 0 Å². The number of rotatable bonds is 2. The van der Waals surface area contributed by atoms with Crippen molar-refractivity contribution in [3.05, 3.63) is 0 Å². The molecule has 0 radical (unpaired) electrons. The lowest BCUT2D eigenvalue weighted by molar-refractivity contribution is -0.139. The lowest BCUT2D eigenvalue weighted by Gasteiger charge is -2.27. The van der Waals surface area contributed by atoms with Crippen LogP contribution in [0.2, 0.25) is 0 Å². The van der Waals surface area contributed by atoms with Crippen molar-refractivity contribution >= 4 is 5.91 Å². The number of β-amino-alcohol motifs (C(OH)–C–C–N with tert-alkyl or cyclic N) is 1. The Labute approximate surface area is 79.7 Å². The third-order valence-corrected chi connectivity index (χ3v) is 2.91. The van der Waals surface area contributed by atoms with Crippen LogP contribution in [-0.2, 0) is 4.79 Å². The number of aliphatic hydroxyl groups is 1. The van der Waals surface area contributed by atoms with E-state index in [0.29, 0.717) is 13.1 Å². The van der Waals surface area contributed by atoms with E-state index in [2.05, 4.69) is 0 Å². The topological polar surface area (TPSA) is 40.5 Å². The van der Waals surface area contributed by atoms with Gasteiger partial charge in [-0.25, -0.2) is 0 Å².